The lowest BCUT2D eigenvalue weighted by Gasteiger charge is -2.23. The Balaban J connectivity index is 2.37. The van der Waals surface area contributed by atoms with E-state index in [4.69, 9.17) is 4.74 Å². The maximum atomic E-state index is 13.0. The third kappa shape index (κ3) is 4.38. The van der Waals surface area contributed by atoms with Gasteiger partial charge in [0.05, 0.1) is 6.61 Å². The molecule has 0 spiro atoms. The molecular formula is C20H24N2O3. The van der Waals surface area contributed by atoms with E-state index in [1.807, 2.05) is 31.2 Å². The van der Waals surface area contributed by atoms with Gasteiger partial charge in [0.1, 0.15) is 11.3 Å². The van der Waals surface area contributed by atoms with Gasteiger partial charge < -0.3 is 14.6 Å². The molecule has 1 aromatic heterocycles. The molecule has 1 heterocycles. The summed E-state index contributed by atoms with van der Waals surface area (Å²) in [6, 6.07) is 9.39. The van der Waals surface area contributed by atoms with E-state index < -0.39 is 0 Å². The number of nitrogens with zero attached hydrogens (tertiary/aromatic N) is 1. The third-order valence-electron chi connectivity index (χ3n) is 3.85. The van der Waals surface area contributed by atoms with E-state index in [9.17, 15) is 9.59 Å². The number of nitrogens with one attached hydrogen (secondary N) is 1. The van der Waals surface area contributed by atoms with Gasteiger partial charge in [0.25, 0.3) is 11.5 Å². The Kier molecular flexibility index (Phi) is 6.17. The third-order valence-corrected chi connectivity index (χ3v) is 3.85. The largest absolute Gasteiger partial charge is 0.494 e. The summed E-state index contributed by atoms with van der Waals surface area (Å²) in [6.45, 7) is 10.4. The molecule has 0 saturated carbocycles. The van der Waals surface area contributed by atoms with Crippen molar-refractivity contribution in [2.45, 2.75) is 27.3 Å². The predicted octanol–water partition coefficient (Wildman–Crippen LogP) is 3.22. The smallest absolute Gasteiger partial charge is 0.261 e. The quantitative estimate of drug-likeness (QED) is 0.787. The van der Waals surface area contributed by atoms with Gasteiger partial charge in [0, 0.05) is 24.3 Å². The molecule has 0 aliphatic carbocycles. The molecular weight excluding hydrogens is 316 g/mol. The molecule has 0 aliphatic heterocycles. The average Bonchev–Trinajstić information content (AvgIpc) is 2.55. The van der Waals surface area contributed by atoms with E-state index >= 15 is 0 Å². The first-order valence-corrected chi connectivity index (χ1v) is 8.29. The van der Waals surface area contributed by atoms with Gasteiger partial charge in [-0.25, -0.2) is 0 Å². The summed E-state index contributed by atoms with van der Waals surface area (Å²) in [5, 5.41) is 0. The Labute approximate surface area is 147 Å². The van der Waals surface area contributed by atoms with Crippen molar-refractivity contribution in [2.75, 3.05) is 13.2 Å². The predicted molar refractivity (Wildman–Crippen MR) is 99.1 cm³/mol. The summed E-state index contributed by atoms with van der Waals surface area (Å²) in [6.07, 6.45) is 1.65. The zero-order valence-corrected chi connectivity index (χ0v) is 15.0. The van der Waals surface area contributed by atoms with E-state index in [1.54, 1.807) is 30.9 Å². The van der Waals surface area contributed by atoms with E-state index in [2.05, 4.69) is 11.6 Å². The molecule has 0 radical (unpaired) electrons. The van der Waals surface area contributed by atoms with Crippen LogP contribution in [-0.4, -0.2) is 28.9 Å². The summed E-state index contributed by atoms with van der Waals surface area (Å²) in [7, 11) is 0. The van der Waals surface area contributed by atoms with Crippen molar-refractivity contribution in [2.24, 2.45) is 0 Å². The Morgan fingerprint density at radius 3 is 2.68 bits per heavy atom. The summed E-state index contributed by atoms with van der Waals surface area (Å²) in [5.41, 5.74) is 2.09. The van der Waals surface area contributed by atoms with Gasteiger partial charge in [-0.2, -0.15) is 0 Å². The monoisotopic (exact) mass is 340 g/mol. The number of aromatic nitrogens is 1. The lowest BCUT2D eigenvalue weighted by Crippen LogP contribution is -2.35. The molecule has 2 aromatic rings. The highest BCUT2D eigenvalue weighted by atomic mass is 16.5. The highest BCUT2D eigenvalue weighted by molar-refractivity contribution is 5.95. The number of carbonyl (C=O) groups excluding carboxylic acids is 1. The minimum atomic E-state index is -0.366. The van der Waals surface area contributed by atoms with Gasteiger partial charge in [0.15, 0.2) is 0 Å². The summed E-state index contributed by atoms with van der Waals surface area (Å²) in [5.74, 6) is 0.423. The van der Waals surface area contributed by atoms with Crippen LogP contribution in [-0.2, 0) is 6.54 Å². The van der Waals surface area contributed by atoms with Crippen LogP contribution in [0.1, 0.15) is 34.1 Å². The Bertz CT molecular complexity index is 824. The van der Waals surface area contributed by atoms with Gasteiger partial charge in [-0.1, -0.05) is 24.3 Å². The molecule has 0 fully saturated rings. The lowest BCUT2D eigenvalue weighted by atomic mass is 10.1. The molecule has 1 amide bonds. The Hall–Kier alpha value is -2.82. The van der Waals surface area contributed by atoms with Crippen LogP contribution in [0.3, 0.4) is 0 Å². The molecule has 2 rings (SSSR count). The van der Waals surface area contributed by atoms with Crippen molar-refractivity contribution in [3.8, 4) is 5.75 Å². The number of hydrogen-bond acceptors (Lipinski definition) is 3. The minimum absolute atomic E-state index is 0.168. The highest BCUT2D eigenvalue weighted by Gasteiger charge is 2.21. The number of para-hydroxylation sites is 1. The molecule has 25 heavy (non-hydrogen) atoms. The van der Waals surface area contributed by atoms with Crippen molar-refractivity contribution in [1.29, 1.82) is 0 Å². The topological polar surface area (TPSA) is 62.4 Å². The standard InChI is InChI=1S/C20H24N2O3/c1-5-11-22(13-16-9-7-8-10-17(16)25-6-2)20(24)18-14(3)12-15(4)21-19(18)23/h5,7-10,12H,1,6,11,13H2,2-4H3,(H,21,23). The van der Waals surface area contributed by atoms with Crippen LogP contribution in [0.15, 0.2) is 47.8 Å². The number of aromatic amines is 1. The van der Waals surface area contributed by atoms with Gasteiger partial charge >= 0.3 is 0 Å². The number of amides is 1. The maximum absolute atomic E-state index is 13.0. The molecule has 0 aliphatic rings. The fourth-order valence-corrected chi connectivity index (χ4v) is 2.79. The second-order valence-electron chi connectivity index (χ2n) is 5.85. The van der Waals surface area contributed by atoms with Crippen LogP contribution in [0.5, 0.6) is 5.75 Å². The van der Waals surface area contributed by atoms with Gasteiger partial charge in [-0.15, -0.1) is 6.58 Å². The number of aryl methyl sites for hydroxylation is 2. The van der Waals surface area contributed by atoms with Crippen LogP contribution in [0, 0.1) is 13.8 Å². The second-order valence-corrected chi connectivity index (χ2v) is 5.85. The van der Waals surface area contributed by atoms with Crippen LogP contribution >= 0.6 is 0 Å². The zero-order chi connectivity index (χ0) is 18.4. The SMILES string of the molecule is C=CCN(Cc1ccccc1OCC)C(=O)c1c(C)cc(C)[nH]c1=O. The molecule has 132 valence electrons. The Morgan fingerprint density at radius 2 is 2.04 bits per heavy atom. The van der Waals surface area contributed by atoms with Crippen LogP contribution < -0.4 is 10.3 Å². The summed E-state index contributed by atoms with van der Waals surface area (Å²) < 4.78 is 5.63. The van der Waals surface area contributed by atoms with Crippen LogP contribution in [0.4, 0.5) is 0 Å². The fraction of sp³-hybridized carbons (Fsp3) is 0.300. The van der Waals surface area contributed by atoms with Gasteiger partial charge in [-0.3, -0.25) is 9.59 Å². The first-order valence-electron chi connectivity index (χ1n) is 8.29. The van der Waals surface area contributed by atoms with E-state index in [1.165, 1.54) is 0 Å². The average molecular weight is 340 g/mol. The van der Waals surface area contributed by atoms with Gasteiger partial charge in [0.2, 0.25) is 0 Å². The number of H-pyrrole nitrogens is 1. The summed E-state index contributed by atoms with van der Waals surface area (Å²) in [4.78, 5) is 29.6. The fourth-order valence-electron chi connectivity index (χ4n) is 2.79. The molecule has 5 nitrogen and oxygen atoms in total. The van der Waals surface area contributed by atoms with Crippen LogP contribution in [0.25, 0.3) is 0 Å². The molecule has 0 saturated heterocycles. The Morgan fingerprint density at radius 1 is 1.32 bits per heavy atom. The van der Waals surface area contributed by atoms with Crippen molar-refractivity contribution in [1.82, 2.24) is 9.88 Å². The minimum Gasteiger partial charge on any atom is -0.494 e. The first kappa shape index (κ1) is 18.5. The number of rotatable bonds is 7. The first-order chi connectivity index (χ1) is 12.0. The number of pyridine rings is 1. The second kappa shape index (κ2) is 8.33. The summed E-state index contributed by atoms with van der Waals surface area (Å²) >= 11 is 0. The van der Waals surface area contributed by atoms with Crippen molar-refractivity contribution in [3.63, 3.8) is 0 Å². The van der Waals surface area contributed by atoms with Crippen molar-refractivity contribution < 1.29 is 9.53 Å². The number of ether oxygens (including phenoxy) is 1. The van der Waals surface area contributed by atoms with E-state index in [-0.39, 0.29) is 17.0 Å². The molecule has 1 aromatic carbocycles. The molecule has 1 N–H and O–H groups in total. The molecule has 0 unspecified atom stereocenters. The highest BCUT2D eigenvalue weighted by Crippen LogP contribution is 2.21. The number of hydrogen-bond donors (Lipinski definition) is 1. The van der Waals surface area contributed by atoms with Gasteiger partial charge in [-0.05, 0) is 38.5 Å². The number of benzene rings is 1. The van der Waals surface area contributed by atoms with E-state index in [0.717, 1.165) is 17.0 Å². The molecule has 0 bridgehead atoms. The van der Waals surface area contributed by atoms with E-state index in [0.29, 0.717) is 25.3 Å². The maximum Gasteiger partial charge on any atom is 0.261 e. The lowest BCUT2D eigenvalue weighted by molar-refractivity contribution is 0.0759. The van der Waals surface area contributed by atoms with Crippen LogP contribution in [0.2, 0.25) is 0 Å². The van der Waals surface area contributed by atoms with Crippen molar-refractivity contribution >= 4 is 5.91 Å². The number of carbonyl (C=O) groups is 1. The normalized spacial score (nSPS) is 10.4. The van der Waals surface area contributed by atoms with Crippen molar-refractivity contribution in [3.05, 3.63) is 75.7 Å². The molecule has 0 atom stereocenters. The zero-order valence-electron chi connectivity index (χ0n) is 15.0. The molecule has 5 heteroatoms.